The van der Waals surface area contributed by atoms with E-state index in [4.69, 9.17) is 4.42 Å². The van der Waals surface area contributed by atoms with E-state index < -0.39 is 11.8 Å². The highest BCUT2D eigenvalue weighted by Gasteiger charge is 2.39. The lowest BCUT2D eigenvalue weighted by Gasteiger charge is -2.13. The van der Waals surface area contributed by atoms with Gasteiger partial charge in [0.1, 0.15) is 5.52 Å². The summed E-state index contributed by atoms with van der Waals surface area (Å²) in [5, 5.41) is 1.68. The van der Waals surface area contributed by atoms with Crippen LogP contribution < -0.4 is 0 Å². The van der Waals surface area contributed by atoms with Crippen molar-refractivity contribution in [1.29, 1.82) is 0 Å². The monoisotopic (exact) mass is 295 g/mol. The van der Waals surface area contributed by atoms with Gasteiger partial charge in [0.2, 0.25) is 0 Å². The van der Waals surface area contributed by atoms with E-state index >= 15 is 0 Å². The minimum Gasteiger partial charge on any atom is -0.435 e. The number of halogens is 2. The van der Waals surface area contributed by atoms with Crippen LogP contribution in [0.3, 0.4) is 0 Å². The van der Waals surface area contributed by atoms with Crippen molar-refractivity contribution in [2.24, 2.45) is 0 Å². The third kappa shape index (κ3) is 1.96. The highest BCUT2D eigenvalue weighted by molar-refractivity contribution is 5.83. The van der Waals surface area contributed by atoms with Crippen molar-refractivity contribution < 1.29 is 13.2 Å². The van der Waals surface area contributed by atoms with Gasteiger partial charge in [0, 0.05) is 5.56 Å². The van der Waals surface area contributed by atoms with Crippen molar-refractivity contribution in [2.75, 3.05) is 0 Å². The standard InChI is InChI=1S/C18H11F2NO/c19-18(20,17-21-15-7-3-4-8-16(15)22-17)14-10-9-12-5-1-2-6-13(12)11-14/h1-11H. The Morgan fingerprint density at radius 1 is 0.818 bits per heavy atom. The van der Waals surface area contributed by atoms with Crippen LogP contribution in [-0.4, -0.2) is 4.98 Å². The minimum atomic E-state index is -3.27. The van der Waals surface area contributed by atoms with Gasteiger partial charge < -0.3 is 4.42 Å². The Labute approximate surface area is 125 Å². The smallest absolute Gasteiger partial charge is 0.347 e. The number of benzene rings is 3. The zero-order valence-electron chi connectivity index (χ0n) is 11.5. The van der Waals surface area contributed by atoms with Crippen LogP contribution in [0.4, 0.5) is 8.78 Å². The van der Waals surface area contributed by atoms with Gasteiger partial charge in [0.25, 0.3) is 5.89 Å². The van der Waals surface area contributed by atoms with Crippen LogP contribution in [0.5, 0.6) is 0 Å². The predicted octanol–water partition coefficient (Wildman–Crippen LogP) is 5.12. The van der Waals surface area contributed by atoms with Crippen molar-refractivity contribution >= 4 is 21.9 Å². The Kier molecular flexibility index (Phi) is 2.73. The van der Waals surface area contributed by atoms with Gasteiger partial charge >= 0.3 is 5.92 Å². The second-order valence-electron chi connectivity index (χ2n) is 5.12. The van der Waals surface area contributed by atoms with E-state index in [1.807, 2.05) is 18.2 Å². The fourth-order valence-corrected chi connectivity index (χ4v) is 2.51. The molecule has 4 rings (SSSR count). The van der Waals surface area contributed by atoms with Gasteiger partial charge in [-0.3, -0.25) is 0 Å². The molecule has 0 unspecified atom stereocenters. The maximum atomic E-state index is 14.7. The number of hydrogen-bond acceptors (Lipinski definition) is 2. The van der Waals surface area contributed by atoms with Crippen LogP contribution in [0.25, 0.3) is 21.9 Å². The van der Waals surface area contributed by atoms with Crippen LogP contribution in [0.2, 0.25) is 0 Å². The number of fused-ring (bicyclic) bond motifs is 2. The Morgan fingerprint density at radius 3 is 2.36 bits per heavy atom. The van der Waals surface area contributed by atoms with E-state index in [2.05, 4.69) is 4.98 Å². The molecule has 4 heteroatoms. The lowest BCUT2D eigenvalue weighted by molar-refractivity contribution is 0.0149. The van der Waals surface area contributed by atoms with E-state index in [0.717, 1.165) is 10.8 Å². The number of para-hydroxylation sites is 2. The van der Waals surface area contributed by atoms with E-state index in [0.29, 0.717) is 11.1 Å². The van der Waals surface area contributed by atoms with E-state index in [1.54, 1.807) is 36.4 Å². The fourth-order valence-electron chi connectivity index (χ4n) is 2.51. The van der Waals surface area contributed by atoms with Crippen LogP contribution in [0, 0.1) is 0 Å². The molecule has 0 saturated carbocycles. The Balaban J connectivity index is 1.86. The van der Waals surface area contributed by atoms with Crippen LogP contribution in [-0.2, 0) is 5.92 Å². The summed E-state index contributed by atoms with van der Waals surface area (Å²) in [7, 11) is 0. The first-order valence-corrected chi connectivity index (χ1v) is 6.88. The average molecular weight is 295 g/mol. The number of nitrogens with zero attached hydrogens (tertiary/aromatic N) is 1. The molecule has 0 atom stereocenters. The van der Waals surface area contributed by atoms with Crippen LogP contribution in [0.1, 0.15) is 11.5 Å². The summed E-state index contributed by atoms with van der Waals surface area (Å²) in [6.07, 6.45) is 0. The maximum Gasteiger partial charge on any atom is 0.347 e. The molecular formula is C18H11F2NO. The van der Waals surface area contributed by atoms with Gasteiger partial charge in [0.15, 0.2) is 5.58 Å². The summed E-state index contributed by atoms with van der Waals surface area (Å²) < 4.78 is 34.6. The summed E-state index contributed by atoms with van der Waals surface area (Å²) in [6, 6.07) is 18.7. The molecule has 0 N–H and O–H groups in total. The second kappa shape index (κ2) is 4.63. The molecule has 22 heavy (non-hydrogen) atoms. The molecule has 2 nitrogen and oxygen atoms in total. The Morgan fingerprint density at radius 2 is 1.55 bits per heavy atom. The summed E-state index contributed by atoms with van der Waals surface area (Å²) in [4.78, 5) is 3.92. The molecule has 108 valence electrons. The molecule has 0 aliphatic carbocycles. The third-order valence-corrected chi connectivity index (χ3v) is 3.67. The minimum absolute atomic E-state index is 0.127. The van der Waals surface area contributed by atoms with Crippen molar-refractivity contribution in [2.45, 2.75) is 5.92 Å². The largest absolute Gasteiger partial charge is 0.435 e. The van der Waals surface area contributed by atoms with Gasteiger partial charge in [-0.25, -0.2) is 4.98 Å². The Hall–Kier alpha value is -2.75. The second-order valence-corrected chi connectivity index (χ2v) is 5.12. The summed E-state index contributed by atoms with van der Waals surface area (Å²) >= 11 is 0. The zero-order valence-corrected chi connectivity index (χ0v) is 11.5. The van der Waals surface area contributed by atoms with Gasteiger partial charge in [0.05, 0.1) is 0 Å². The molecule has 1 aromatic heterocycles. The fraction of sp³-hybridized carbons (Fsp3) is 0.0556. The molecule has 0 aliphatic heterocycles. The van der Waals surface area contributed by atoms with Gasteiger partial charge in [-0.1, -0.05) is 48.5 Å². The first kappa shape index (κ1) is 13.0. The van der Waals surface area contributed by atoms with Gasteiger partial charge in [-0.15, -0.1) is 0 Å². The molecule has 0 amide bonds. The molecule has 4 aromatic rings. The zero-order chi connectivity index (χ0) is 15.2. The SMILES string of the molecule is FC(F)(c1ccc2ccccc2c1)c1nc2ccccc2o1. The van der Waals surface area contributed by atoms with E-state index in [1.165, 1.54) is 12.1 Å². The van der Waals surface area contributed by atoms with Crippen LogP contribution >= 0.6 is 0 Å². The van der Waals surface area contributed by atoms with Crippen molar-refractivity contribution in [3.05, 3.63) is 78.2 Å². The maximum absolute atomic E-state index is 14.7. The van der Waals surface area contributed by atoms with Gasteiger partial charge in [-0.2, -0.15) is 8.78 Å². The Bertz CT molecular complexity index is 942. The first-order valence-electron chi connectivity index (χ1n) is 6.88. The molecule has 0 saturated heterocycles. The van der Waals surface area contributed by atoms with Crippen molar-refractivity contribution in [1.82, 2.24) is 4.98 Å². The lowest BCUT2D eigenvalue weighted by atomic mass is 10.0. The number of rotatable bonds is 2. The molecule has 3 aromatic carbocycles. The number of alkyl halides is 2. The molecule has 0 spiro atoms. The normalized spacial score (nSPS) is 12.1. The average Bonchev–Trinajstić information content (AvgIpc) is 2.99. The number of hydrogen-bond donors (Lipinski definition) is 0. The summed E-state index contributed by atoms with van der Waals surface area (Å²) in [5.41, 5.74) is 0.661. The highest BCUT2D eigenvalue weighted by atomic mass is 19.3. The molecule has 0 bridgehead atoms. The number of oxazole rings is 1. The van der Waals surface area contributed by atoms with Crippen molar-refractivity contribution in [3.8, 4) is 0 Å². The van der Waals surface area contributed by atoms with E-state index in [9.17, 15) is 8.78 Å². The van der Waals surface area contributed by atoms with Crippen molar-refractivity contribution in [3.63, 3.8) is 0 Å². The molecule has 1 heterocycles. The quantitative estimate of drug-likeness (QED) is 0.513. The molecule has 0 radical (unpaired) electrons. The summed E-state index contributed by atoms with van der Waals surface area (Å²) in [6.45, 7) is 0. The summed E-state index contributed by atoms with van der Waals surface area (Å²) in [5.74, 6) is -3.85. The highest BCUT2D eigenvalue weighted by Crippen LogP contribution is 2.37. The lowest BCUT2D eigenvalue weighted by Crippen LogP contribution is -2.15. The predicted molar refractivity (Wildman–Crippen MR) is 81.0 cm³/mol. The van der Waals surface area contributed by atoms with Crippen LogP contribution in [0.15, 0.2) is 71.1 Å². The topological polar surface area (TPSA) is 26.0 Å². The third-order valence-electron chi connectivity index (χ3n) is 3.67. The molecular weight excluding hydrogens is 284 g/mol. The molecule has 0 fully saturated rings. The molecule has 0 aliphatic rings. The number of aromatic nitrogens is 1. The first-order chi connectivity index (χ1) is 10.6. The van der Waals surface area contributed by atoms with Gasteiger partial charge in [-0.05, 0) is 29.0 Å². The van der Waals surface area contributed by atoms with E-state index in [-0.39, 0.29) is 5.56 Å².